The van der Waals surface area contributed by atoms with E-state index in [1.54, 1.807) is 19.1 Å². The molecule has 26 heavy (non-hydrogen) atoms. The lowest BCUT2D eigenvalue weighted by atomic mass is 10.0. The Labute approximate surface area is 150 Å². The lowest BCUT2D eigenvalue weighted by molar-refractivity contribution is 0.600. The Kier molecular flexibility index (Phi) is 4.45. The van der Waals surface area contributed by atoms with Crippen LogP contribution in [-0.4, -0.2) is 18.4 Å². The minimum Gasteiger partial charge on any atom is -0.316 e. The molecule has 0 saturated carbocycles. The molecule has 1 heterocycles. The van der Waals surface area contributed by atoms with Crippen molar-refractivity contribution in [1.82, 2.24) is 9.97 Å². The largest absolute Gasteiger partial charge is 0.316 e. The summed E-state index contributed by atoms with van der Waals surface area (Å²) in [6.07, 6.45) is 0. The summed E-state index contributed by atoms with van der Waals surface area (Å²) in [4.78, 5) is 27.8. The number of hydrogen-bond acceptors (Lipinski definition) is 4. The molecule has 0 aliphatic heterocycles. The van der Waals surface area contributed by atoms with Crippen LogP contribution >= 0.6 is 0 Å². The van der Waals surface area contributed by atoms with Crippen LogP contribution in [0.4, 0.5) is 5.69 Å². The second kappa shape index (κ2) is 6.45. The van der Waals surface area contributed by atoms with Crippen molar-refractivity contribution in [2.24, 2.45) is 0 Å². The molecule has 0 fully saturated rings. The van der Waals surface area contributed by atoms with Gasteiger partial charge in [0.05, 0.1) is 15.9 Å². The van der Waals surface area contributed by atoms with Crippen LogP contribution in [0.5, 0.6) is 0 Å². The number of sulfonamides is 1. The topological polar surface area (TPSA) is 112 Å². The van der Waals surface area contributed by atoms with Gasteiger partial charge in [-0.15, -0.1) is 0 Å². The molecule has 0 spiro atoms. The van der Waals surface area contributed by atoms with Crippen molar-refractivity contribution in [3.8, 4) is 0 Å². The van der Waals surface area contributed by atoms with E-state index in [-0.39, 0.29) is 10.4 Å². The number of benzene rings is 2. The molecule has 3 N–H and O–H groups in total. The number of rotatable bonds is 4. The first-order valence-corrected chi connectivity index (χ1v) is 9.55. The highest BCUT2D eigenvalue weighted by atomic mass is 32.2. The number of nitrogens with one attached hydrogen (secondary N) is 3. The van der Waals surface area contributed by atoms with Crippen molar-refractivity contribution in [3.05, 3.63) is 68.2 Å². The Morgan fingerprint density at radius 2 is 1.46 bits per heavy atom. The maximum absolute atomic E-state index is 12.8. The zero-order chi connectivity index (χ0) is 19.1. The van der Waals surface area contributed by atoms with Crippen LogP contribution in [0.2, 0.25) is 0 Å². The Balaban J connectivity index is 2.03. The fourth-order valence-corrected chi connectivity index (χ4v) is 4.00. The number of H-pyrrole nitrogens is 2. The summed E-state index contributed by atoms with van der Waals surface area (Å²) < 4.78 is 28.1. The molecule has 2 aromatic carbocycles. The minimum atomic E-state index is -3.86. The summed E-state index contributed by atoms with van der Waals surface area (Å²) >= 11 is 0. The SMILES string of the molecule is Cc1cc2[nH]c(=O)c(=O)[nH]c2cc1S(=O)(=O)Nc1ccc(C(C)C)cc1. The summed E-state index contributed by atoms with van der Waals surface area (Å²) in [6, 6.07) is 10.0. The highest BCUT2D eigenvalue weighted by Crippen LogP contribution is 2.24. The normalized spacial score (nSPS) is 11.8. The molecule has 136 valence electrons. The van der Waals surface area contributed by atoms with E-state index in [1.807, 2.05) is 12.1 Å². The molecule has 0 amide bonds. The van der Waals surface area contributed by atoms with Crippen LogP contribution in [0.3, 0.4) is 0 Å². The molecule has 3 aromatic rings. The van der Waals surface area contributed by atoms with Gasteiger partial charge in [-0.25, -0.2) is 8.42 Å². The molecule has 0 saturated heterocycles. The van der Waals surface area contributed by atoms with Crippen molar-refractivity contribution in [3.63, 3.8) is 0 Å². The summed E-state index contributed by atoms with van der Waals surface area (Å²) in [7, 11) is -3.86. The Morgan fingerprint density at radius 3 is 2.00 bits per heavy atom. The predicted molar refractivity (Wildman–Crippen MR) is 101 cm³/mol. The highest BCUT2D eigenvalue weighted by Gasteiger charge is 2.18. The molecule has 1 aromatic heterocycles. The molecule has 8 heteroatoms. The smallest absolute Gasteiger partial charge is 0.314 e. The lowest BCUT2D eigenvalue weighted by Crippen LogP contribution is -2.29. The lowest BCUT2D eigenvalue weighted by Gasteiger charge is -2.12. The minimum absolute atomic E-state index is 0.0284. The molecule has 3 rings (SSSR count). The summed E-state index contributed by atoms with van der Waals surface area (Å²) in [5.41, 5.74) is 1.01. The van der Waals surface area contributed by atoms with E-state index >= 15 is 0 Å². The standard InChI is InChI=1S/C18H19N3O4S/c1-10(2)12-4-6-13(7-5-12)21-26(24,25)16-9-15-14(8-11(16)3)19-17(22)18(23)20-15/h4-10,21H,1-3H3,(H,19,22)(H,20,23). The van der Waals surface area contributed by atoms with E-state index < -0.39 is 21.1 Å². The highest BCUT2D eigenvalue weighted by molar-refractivity contribution is 7.92. The molecular weight excluding hydrogens is 354 g/mol. The van der Waals surface area contributed by atoms with E-state index in [9.17, 15) is 18.0 Å². The Bertz CT molecular complexity index is 1190. The number of aromatic amines is 2. The number of aryl methyl sites for hydroxylation is 1. The van der Waals surface area contributed by atoms with E-state index in [4.69, 9.17) is 0 Å². The second-order valence-electron chi connectivity index (χ2n) is 6.45. The van der Waals surface area contributed by atoms with E-state index in [2.05, 4.69) is 28.5 Å². The van der Waals surface area contributed by atoms with Gasteiger partial charge in [0, 0.05) is 5.69 Å². The fraction of sp³-hybridized carbons (Fsp3) is 0.222. The first kappa shape index (κ1) is 17.9. The van der Waals surface area contributed by atoms with Gasteiger partial charge >= 0.3 is 11.1 Å². The van der Waals surface area contributed by atoms with Crippen LogP contribution in [0.1, 0.15) is 30.9 Å². The fourth-order valence-electron chi connectivity index (χ4n) is 2.69. The summed E-state index contributed by atoms with van der Waals surface area (Å²) in [6.45, 7) is 5.74. The zero-order valence-corrected chi connectivity index (χ0v) is 15.4. The summed E-state index contributed by atoms with van der Waals surface area (Å²) in [5.74, 6) is 0.349. The Morgan fingerprint density at radius 1 is 0.923 bits per heavy atom. The summed E-state index contributed by atoms with van der Waals surface area (Å²) in [5, 5.41) is 0. The van der Waals surface area contributed by atoms with E-state index in [0.717, 1.165) is 5.56 Å². The monoisotopic (exact) mass is 373 g/mol. The van der Waals surface area contributed by atoms with Crippen LogP contribution in [-0.2, 0) is 10.0 Å². The molecule has 0 unspecified atom stereocenters. The third-order valence-electron chi connectivity index (χ3n) is 4.14. The van der Waals surface area contributed by atoms with Gasteiger partial charge in [-0.3, -0.25) is 14.3 Å². The molecular formula is C18H19N3O4S. The van der Waals surface area contributed by atoms with Crippen molar-refractivity contribution in [1.29, 1.82) is 0 Å². The maximum Gasteiger partial charge on any atom is 0.314 e. The molecule has 0 aliphatic carbocycles. The van der Waals surface area contributed by atoms with E-state index in [0.29, 0.717) is 22.7 Å². The van der Waals surface area contributed by atoms with Crippen LogP contribution in [0.25, 0.3) is 11.0 Å². The van der Waals surface area contributed by atoms with Gasteiger partial charge in [-0.2, -0.15) is 0 Å². The van der Waals surface area contributed by atoms with Gasteiger partial charge in [0.15, 0.2) is 0 Å². The van der Waals surface area contributed by atoms with Gasteiger partial charge in [0.1, 0.15) is 0 Å². The quantitative estimate of drug-likeness (QED) is 0.610. The average molecular weight is 373 g/mol. The van der Waals surface area contributed by atoms with Crippen LogP contribution < -0.4 is 15.8 Å². The third kappa shape index (κ3) is 3.41. The van der Waals surface area contributed by atoms with Gasteiger partial charge in [-0.1, -0.05) is 26.0 Å². The zero-order valence-electron chi connectivity index (χ0n) is 14.6. The van der Waals surface area contributed by atoms with Gasteiger partial charge in [0.25, 0.3) is 10.0 Å². The maximum atomic E-state index is 12.8. The number of aromatic nitrogens is 2. The third-order valence-corrected chi connectivity index (χ3v) is 5.66. The van der Waals surface area contributed by atoms with Gasteiger partial charge < -0.3 is 9.97 Å². The predicted octanol–water partition coefficient (Wildman–Crippen LogP) is 2.45. The molecule has 0 bridgehead atoms. The van der Waals surface area contributed by atoms with E-state index in [1.165, 1.54) is 12.1 Å². The Hall–Kier alpha value is -2.87. The molecule has 0 atom stereocenters. The van der Waals surface area contributed by atoms with Crippen LogP contribution in [0.15, 0.2) is 50.9 Å². The average Bonchev–Trinajstić information content (AvgIpc) is 2.56. The first-order chi connectivity index (χ1) is 12.2. The van der Waals surface area contributed by atoms with Gasteiger partial charge in [-0.05, 0) is 48.2 Å². The molecule has 0 aliphatic rings. The van der Waals surface area contributed by atoms with Crippen molar-refractivity contribution < 1.29 is 8.42 Å². The number of fused-ring (bicyclic) bond motifs is 1. The second-order valence-corrected chi connectivity index (χ2v) is 8.10. The van der Waals surface area contributed by atoms with Crippen molar-refractivity contribution >= 4 is 26.7 Å². The number of anilines is 1. The van der Waals surface area contributed by atoms with Crippen LogP contribution in [0, 0.1) is 6.92 Å². The van der Waals surface area contributed by atoms with Gasteiger partial charge in [0.2, 0.25) is 0 Å². The van der Waals surface area contributed by atoms with Crippen molar-refractivity contribution in [2.45, 2.75) is 31.6 Å². The van der Waals surface area contributed by atoms with Crippen molar-refractivity contribution in [2.75, 3.05) is 4.72 Å². The first-order valence-electron chi connectivity index (χ1n) is 8.07. The molecule has 7 nitrogen and oxygen atoms in total. The number of hydrogen-bond donors (Lipinski definition) is 3. The molecule has 0 radical (unpaired) electrons.